The highest BCUT2D eigenvalue weighted by Gasteiger charge is 2.47. The number of hydrogen-bond acceptors (Lipinski definition) is 9. The number of ether oxygens (including phenoxy) is 2. The normalized spacial score (nSPS) is 16.5. The van der Waals surface area contributed by atoms with E-state index in [1.54, 1.807) is 35.4 Å². The molecule has 0 spiro atoms. The Morgan fingerprint density at radius 3 is 2.48 bits per heavy atom. The van der Waals surface area contributed by atoms with Crippen molar-refractivity contribution in [1.29, 1.82) is 5.26 Å². The third-order valence-corrected chi connectivity index (χ3v) is 13.4. The van der Waals surface area contributed by atoms with Gasteiger partial charge in [0.15, 0.2) is 8.32 Å². The summed E-state index contributed by atoms with van der Waals surface area (Å²) in [5.74, 6) is 0.744. The molecule has 0 bridgehead atoms. The highest BCUT2D eigenvalue weighted by atomic mass is 35.5. The highest BCUT2D eigenvalue weighted by Crippen LogP contribution is 2.47. The topological polar surface area (TPSA) is 130 Å². The minimum Gasteiger partial charge on any atom is -0.495 e. The summed E-state index contributed by atoms with van der Waals surface area (Å²) in [5.41, 5.74) is 2.63. The van der Waals surface area contributed by atoms with Crippen molar-refractivity contribution in [3.8, 4) is 23.1 Å². The fourth-order valence-electron chi connectivity index (χ4n) is 4.97. The number of rotatable bonds is 8. The van der Waals surface area contributed by atoms with E-state index >= 15 is 0 Å². The number of carbonyl (C=O) groups excluding carboxylic acids is 1. The summed E-state index contributed by atoms with van der Waals surface area (Å²) in [5, 5.41) is 23.5. The molecule has 0 radical (unpaired) electrons. The average molecular weight is 666 g/mol. The van der Waals surface area contributed by atoms with E-state index in [1.807, 2.05) is 26.8 Å². The number of hydrogen-bond donors (Lipinski definition) is 2. The molecule has 246 valence electrons. The minimum absolute atomic E-state index is 0.00893. The Balaban J connectivity index is 1.80. The van der Waals surface area contributed by atoms with Crippen molar-refractivity contribution >= 4 is 43.3 Å². The lowest BCUT2D eigenvalue weighted by Crippen LogP contribution is -2.46. The van der Waals surface area contributed by atoms with Gasteiger partial charge in [0.25, 0.3) is 0 Å². The fraction of sp³-hybridized carbons (Fsp3) is 0.471. The first-order chi connectivity index (χ1) is 21.3. The maximum absolute atomic E-state index is 13.5. The van der Waals surface area contributed by atoms with Crippen LogP contribution in [0.25, 0.3) is 11.3 Å². The van der Waals surface area contributed by atoms with Gasteiger partial charge >= 0.3 is 6.09 Å². The Bertz CT molecular complexity index is 1680. The lowest BCUT2D eigenvalue weighted by molar-refractivity contribution is 0.0575. The third-order valence-electron chi connectivity index (χ3n) is 8.57. The molecule has 2 N–H and O–H groups in total. The lowest BCUT2D eigenvalue weighted by atomic mass is 9.83. The van der Waals surface area contributed by atoms with E-state index in [2.05, 4.69) is 57.2 Å². The minimum atomic E-state index is -2.15. The van der Waals surface area contributed by atoms with Crippen LogP contribution in [-0.2, 0) is 21.2 Å². The number of methoxy groups -OCH3 is 1. The van der Waals surface area contributed by atoms with Crippen LogP contribution in [0.15, 0.2) is 36.5 Å². The van der Waals surface area contributed by atoms with Crippen molar-refractivity contribution in [1.82, 2.24) is 9.97 Å². The van der Waals surface area contributed by atoms with Gasteiger partial charge in [0.05, 0.1) is 36.3 Å². The van der Waals surface area contributed by atoms with Crippen molar-refractivity contribution in [2.75, 3.05) is 30.5 Å². The van der Waals surface area contributed by atoms with E-state index in [9.17, 15) is 15.2 Å². The van der Waals surface area contributed by atoms with Gasteiger partial charge < -0.3 is 24.3 Å². The van der Waals surface area contributed by atoms with Gasteiger partial charge in [-0.05, 0) is 80.4 Å². The molecular weight excluding hydrogens is 622 g/mol. The van der Waals surface area contributed by atoms with Gasteiger partial charge in [0.2, 0.25) is 5.95 Å². The van der Waals surface area contributed by atoms with Gasteiger partial charge in [-0.3, -0.25) is 4.90 Å². The summed E-state index contributed by atoms with van der Waals surface area (Å²) in [7, 11) is -0.631. The van der Waals surface area contributed by atoms with Crippen molar-refractivity contribution in [2.24, 2.45) is 0 Å². The molecule has 0 aliphatic carbocycles. The molecule has 4 rings (SSSR count). The zero-order valence-corrected chi connectivity index (χ0v) is 30.1. The van der Waals surface area contributed by atoms with Crippen LogP contribution in [0.4, 0.5) is 22.1 Å². The van der Waals surface area contributed by atoms with E-state index in [0.717, 1.165) is 5.56 Å². The number of nitriles is 1. The SMILES string of the molecule is COc1cc(CO)c(Cl)cc1Nc1nccc(-c2cc(C#N)c3c(c2)C(C)(CO[Si](C)(C)C(C)(C)C)CN3C(=O)OC(C)(C)C)n1. The Morgan fingerprint density at radius 1 is 1.20 bits per heavy atom. The average Bonchev–Trinajstić information content (AvgIpc) is 3.27. The standard InChI is InChI=1S/C34H44ClN5O5Si/c1-32(2,3)45-31(42)40-19-34(7,20-44-46(9,10)33(4,5)6)24-14-21(13-22(17-36)29(24)40)26-11-12-37-30(38-26)39-27-16-25(35)23(18-41)15-28(27)43-8/h11-16,41H,18-20H2,1-10H3,(H,37,38,39). The van der Waals surface area contributed by atoms with Gasteiger partial charge in [-0.1, -0.05) is 39.3 Å². The number of anilines is 3. The molecule has 2 aromatic carbocycles. The number of fused-ring (bicyclic) bond motifs is 1. The van der Waals surface area contributed by atoms with Gasteiger partial charge in [0.1, 0.15) is 17.4 Å². The number of carbonyl (C=O) groups is 1. The molecule has 1 atom stereocenters. The molecule has 1 unspecified atom stereocenters. The van der Waals surface area contributed by atoms with Gasteiger partial charge in [0, 0.05) is 35.3 Å². The molecular formula is C34H44ClN5O5Si. The van der Waals surface area contributed by atoms with Crippen LogP contribution in [0.1, 0.15) is 65.2 Å². The van der Waals surface area contributed by atoms with Crippen molar-refractivity contribution in [3.05, 3.63) is 58.2 Å². The molecule has 12 heteroatoms. The zero-order chi connectivity index (χ0) is 34.2. The Hall–Kier alpha value is -3.69. The second kappa shape index (κ2) is 12.8. The van der Waals surface area contributed by atoms with Crippen LogP contribution >= 0.6 is 11.6 Å². The molecule has 1 aromatic heterocycles. The van der Waals surface area contributed by atoms with Crippen molar-refractivity contribution in [2.45, 2.75) is 84.2 Å². The number of aliphatic hydroxyl groups is 1. The quantitative estimate of drug-likeness (QED) is 0.230. The number of benzene rings is 2. The highest BCUT2D eigenvalue weighted by molar-refractivity contribution is 6.74. The molecule has 0 saturated carbocycles. The van der Waals surface area contributed by atoms with Gasteiger partial charge in [-0.25, -0.2) is 14.8 Å². The van der Waals surface area contributed by atoms with E-state index in [1.165, 1.54) is 7.11 Å². The first-order valence-corrected chi connectivity index (χ1v) is 18.4. The van der Waals surface area contributed by atoms with E-state index in [0.29, 0.717) is 57.7 Å². The second-order valence-electron chi connectivity index (χ2n) is 14.4. The monoisotopic (exact) mass is 665 g/mol. The van der Waals surface area contributed by atoms with Gasteiger partial charge in [-0.2, -0.15) is 5.26 Å². The smallest absolute Gasteiger partial charge is 0.414 e. The number of nitrogens with zero attached hydrogens (tertiary/aromatic N) is 4. The molecule has 2 heterocycles. The van der Waals surface area contributed by atoms with E-state index in [-0.39, 0.29) is 17.6 Å². The van der Waals surface area contributed by atoms with E-state index < -0.39 is 25.4 Å². The summed E-state index contributed by atoms with van der Waals surface area (Å²) >= 11 is 6.34. The molecule has 46 heavy (non-hydrogen) atoms. The number of halogens is 1. The zero-order valence-electron chi connectivity index (χ0n) is 28.3. The Kier molecular flexibility index (Phi) is 9.81. The summed E-state index contributed by atoms with van der Waals surface area (Å²) in [6.07, 6.45) is 1.11. The van der Waals surface area contributed by atoms with Crippen LogP contribution in [0, 0.1) is 11.3 Å². The van der Waals surface area contributed by atoms with Crippen LogP contribution in [0.2, 0.25) is 23.2 Å². The van der Waals surface area contributed by atoms with Crippen molar-refractivity contribution in [3.63, 3.8) is 0 Å². The maximum atomic E-state index is 13.5. The first kappa shape index (κ1) is 35.2. The largest absolute Gasteiger partial charge is 0.495 e. The molecule has 1 amide bonds. The van der Waals surface area contributed by atoms with E-state index in [4.69, 9.17) is 30.5 Å². The predicted molar refractivity (Wildman–Crippen MR) is 183 cm³/mol. The van der Waals surface area contributed by atoms with Gasteiger partial charge in [-0.15, -0.1) is 0 Å². The Morgan fingerprint density at radius 2 is 1.89 bits per heavy atom. The maximum Gasteiger partial charge on any atom is 0.414 e. The molecule has 0 fully saturated rings. The number of amides is 1. The summed E-state index contributed by atoms with van der Waals surface area (Å²) in [6, 6.07) is 11.1. The second-order valence-corrected chi connectivity index (χ2v) is 19.6. The number of aliphatic hydroxyl groups excluding tert-OH is 1. The summed E-state index contributed by atoms with van der Waals surface area (Å²) in [6.45, 7) is 18.9. The fourth-order valence-corrected chi connectivity index (χ4v) is 6.30. The summed E-state index contributed by atoms with van der Waals surface area (Å²) < 4.78 is 18.0. The predicted octanol–water partition coefficient (Wildman–Crippen LogP) is 7.95. The Labute approximate surface area is 277 Å². The molecule has 0 saturated heterocycles. The van der Waals surface area contributed by atoms with Crippen LogP contribution in [-0.4, -0.2) is 55.3 Å². The first-order valence-electron chi connectivity index (χ1n) is 15.1. The molecule has 1 aliphatic rings. The molecule has 3 aromatic rings. The molecule has 10 nitrogen and oxygen atoms in total. The number of aromatic nitrogens is 2. The van der Waals surface area contributed by atoms with Crippen LogP contribution in [0.3, 0.4) is 0 Å². The van der Waals surface area contributed by atoms with Crippen LogP contribution < -0.4 is 15.0 Å². The molecule has 1 aliphatic heterocycles. The van der Waals surface area contributed by atoms with Crippen LogP contribution in [0.5, 0.6) is 5.75 Å². The number of nitrogens with one attached hydrogen (secondary N) is 1. The summed E-state index contributed by atoms with van der Waals surface area (Å²) in [4.78, 5) is 24.2. The lowest BCUT2D eigenvalue weighted by Gasteiger charge is -2.39. The van der Waals surface area contributed by atoms with Crippen molar-refractivity contribution < 1.29 is 23.8 Å². The third kappa shape index (κ3) is 7.31.